The fraction of sp³-hybridized carbons (Fsp3) is 0.579. The van der Waals surface area contributed by atoms with Crippen LogP contribution in [0.15, 0.2) is 12.4 Å². The molecule has 5 nitrogen and oxygen atoms in total. The zero-order valence-electron chi connectivity index (χ0n) is 15.2. The average Bonchev–Trinajstić information content (AvgIpc) is 2.54. The van der Waals surface area contributed by atoms with Gasteiger partial charge in [0.05, 0.1) is 11.8 Å². The van der Waals surface area contributed by atoms with Crippen molar-refractivity contribution in [1.82, 2.24) is 9.97 Å². The van der Waals surface area contributed by atoms with Gasteiger partial charge in [-0.05, 0) is 38.8 Å². The van der Waals surface area contributed by atoms with E-state index in [1.54, 1.807) is 19.3 Å². The van der Waals surface area contributed by atoms with E-state index in [0.717, 1.165) is 35.7 Å². The number of aliphatic hydroxyl groups is 1. The fourth-order valence-corrected chi connectivity index (χ4v) is 4.62. The molecule has 1 N–H and O–H groups in total. The number of hydrogen-bond donors (Lipinski definition) is 1. The SMILES string of the molecule is C#C/C=C\c1c(C)ncnc1N(C)[C@H]1C[C@@H](C[S+]([O-])CCC(C)O)C1. The number of aryl methyl sites for hydroxylation is 1. The Morgan fingerprint density at radius 1 is 1.52 bits per heavy atom. The zero-order chi connectivity index (χ0) is 18.4. The summed E-state index contributed by atoms with van der Waals surface area (Å²) in [6.07, 6.45) is 12.7. The van der Waals surface area contributed by atoms with Crippen LogP contribution in [0.4, 0.5) is 5.82 Å². The van der Waals surface area contributed by atoms with E-state index in [0.29, 0.717) is 24.1 Å². The number of terminal acetylenes is 1. The van der Waals surface area contributed by atoms with Gasteiger partial charge in [0.15, 0.2) is 0 Å². The maximum Gasteiger partial charge on any atom is 0.139 e. The van der Waals surface area contributed by atoms with Crippen molar-refractivity contribution in [2.75, 3.05) is 23.5 Å². The molecule has 1 aliphatic rings. The molecule has 0 bridgehead atoms. The molecule has 1 heterocycles. The summed E-state index contributed by atoms with van der Waals surface area (Å²) in [5, 5.41) is 9.29. The zero-order valence-corrected chi connectivity index (χ0v) is 16.0. The van der Waals surface area contributed by atoms with Crippen molar-refractivity contribution in [3.8, 4) is 12.3 Å². The van der Waals surface area contributed by atoms with Crippen molar-refractivity contribution in [2.24, 2.45) is 5.92 Å². The van der Waals surface area contributed by atoms with Crippen LogP contribution in [0.3, 0.4) is 0 Å². The van der Waals surface area contributed by atoms with Gasteiger partial charge in [-0.1, -0.05) is 17.1 Å². The van der Waals surface area contributed by atoms with E-state index < -0.39 is 11.2 Å². The van der Waals surface area contributed by atoms with Crippen molar-refractivity contribution in [1.29, 1.82) is 0 Å². The highest BCUT2D eigenvalue weighted by atomic mass is 32.2. The highest BCUT2D eigenvalue weighted by molar-refractivity contribution is 7.91. The first-order valence-electron chi connectivity index (χ1n) is 8.62. The smallest absolute Gasteiger partial charge is 0.139 e. The lowest BCUT2D eigenvalue weighted by Gasteiger charge is -2.42. The molecule has 2 atom stereocenters. The van der Waals surface area contributed by atoms with Gasteiger partial charge in [-0.2, -0.15) is 0 Å². The number of rotatable bonds is 8. The Hall–Kier alpha value is -1.55. The monoisotopic (exact) mass is 361 g/mol. The van der Waals surface area contributed by atoms with Crippen LogP contribution >= 0.6 is 0 Å². The van der Waals surface area contributed by atoms with Crippen LogP contribution in [0.1, 0.15) is 37.4 Å². The van der Waals surface area contributed by atoms with Crippen LogP contribution < -0.4 is 4.90 Å². The predicted molar refractivity (Wildman–Crippen MR) is 104 cm³/mol. The third kappa shape index (κ3) is 5.46. The van der Waals surface area contributed by atoms with Crippen molar-refractivity contribution in [3.05, 3.63) is 23.7 Å². The number of aromatic nitrogens is 2. The van der Waals surface area contributed by atoms with E-state index in [1.807, 2.05) is 20.0 Å². The van der Waals surface area contributed by atoms with Crippen molar-refractivity contribution in [3.63, 3.8) is 0 Å². The molecule has 2 rings (SSSR count). The van der Waals surface area contributed by atoms with E-state index in [1.165, 1.54) is 0 Å². The second-order valence-corrected chi connectivity index (χ2v) is 8.37. The number of anilines is 1. The van der Waals surface area contributed by atoms with Gasteiger partial charge < -0.3 is 14.6 Å². The molecule has 0 saturated heterocycles. The van der Waals surface area contributed by atoms with E-state index >= 15 is 0 Å². The number of hydrogen-bond acceptors (Lipinski definition) is 5. The largest absolute Gasteiger partial charge is 0.616 e. The summed E-state index contributed by atoms with van der Waals surface area (Å²) in [4.78, 5) is 10.9. The minimum atomic E-state index is -0.842. The first-order valence-corrected chi connectivity index (χ1v) is 10.1. The van der Waals surface area contributed by atoms with Crippen molar-refractivity contribution in [2.45, 2.75) is 45.3 Å². The normalized spacial score (nSPS) is 22.2. The maximum absolute atomic E-state index is 12.1. The van der Waals surface area contributed by atoms with Gasteiger partial charge in [-0.25, -0.2) is 9.97 Å². The predicted octanol–water partition coefficient (Wildman–Crippen LogP) is 2.17. The molecule has 0 amide bonds. The molecule has 1 saturated carbocycles. The van der Waals surface area contributed by atoms with Gasteiger partial charge in [0, 0.05) is 31.0 Å². The van der Waals surface area contributed by atoms with Gasteiger partial charge >= 0.3 is 0 Å². The Morgan fingerprint density at radius 2 is 2.24 bits per heavy atom. The molecule has 1 aromatic heterocycles. The van der Waals surface area contributed by atoms with Crippen LogP contribution in [0.5, 0.6) is 0 Å². The Balaban J connectivity index is 1.92. The van der Waals surface area contributed by atoms with Gasteiger partial charge in [0.1, 0.15) is 23.7 Å². The second-order valence-electron chi connectivity index (χ2n) is 6.75. The Bertz CT molecular complexity index is 636. The molecule has 136 valence electrons. The molecule has 25 heavy (non-hydrogen) atoms. The van der Waals surface area contributed by atoms with Gasteiger partial charge in [0.2, 0.25) is 0 Å². The highest BCUT2D eigenvalue weighted by Gasteiger charge is 2.36. The van der Waals surface area contributed by atoms with E-state index in [9.17, 15) is 9.66 Å². The fourth-order valence-electron chi connectivity index (χ4n) is 3.05. The second kappa shape index (κ2) is 9.23. The number of nitrogens with zero attached hydrogens (tertiary/aromatic N) is 3. The minimum absolute atomic E-state index is 0.375. The van der Waals surface area contributed by atoms with Crippen LogP contribution in [0, 0.1) is 25.2 Å². The number of allylic oxidation sites excluding steroid dienone is 1. The van der Waals surface area contributed by atoms with Crippen LogP contribution in [0.2, 0.25) is 0 Å². The topological polar surface area (TPSA) is 72.3 Å². The van der Waals surface area contributed by atoms with Crippen LogP contribution in [-0.4, -0.2) is 50.3 Å². The lowest BCUT2D eigenvalue weighted by molar-refractivity contribution is 0.191. The third-order valence-electron chi connectivity index (χ3n) is 4.69. The molecule has 6 heteroatoms. The molecule has 1 aliphatic carbocycles. The summed E-state index contributed by atoms with van der Waals surface area (Å²) in [5.74, 6) is 5.19. The summed E-state index contributed by atoms with van der Waals surface area (Å²) >= 11 is -0.842. The molecule has 0 aromatic carbocycles. The van der Waals surface area contributed by atoms with E-state index in [4.69, 9.17) is 6.42 Å². The first kappa shape index (κ1) is 19.8. The minimum Gasteiger partial charge on any atom is -0.616 e. The standard InChI is InChI=1S/C19H27N3O2S/c1-5-6-7-18-15(3)20-13-21-19(18)22(4)17-10-16(11-17)12-25(24)9-8-14(2)23/h1,6-7,13-14,16-17,23H,8-12H2,2-4H3/b7-6-/t14?,16-,17+,25?. The molecule has 1 aromatic rings. The van der Waals surface area contributed by atoms with E-state index in [-0.39, 0.29) is 6.10 Å². The molecule has 2 unspecified atom stereocenters. The van der Waals surface area contributed by atoms with Gasteiger partial charge in [0.25, 0.3) is 0 Å². The number of aliphatic hydroxyl groups excluding tert-OH is 1. The van der Waals surface area contributed by atoms with Crippen LogP contribution in [-0.2, 0) is 11.2 Å². The van der Waals surface area contributed by atoms with Crippen molar-refractivity contribution < 1.29 is 9.66 Å². The first-order chi connectivity index (χ1) is 11.9. The molecular formula is C19H27N3O2S. The lowest BCUT2D eigenvalue weighted by Crippen LogP contribution is -2.45. The summed E-state index contributed by atoms with van der Waals surface area (Å²) in [6.45, 7) is 3.69. The lowest BCUT2D eigenvalue weighted by atomic mass is 9.80. The molecule has 1 fully saturated rings. The summed E-state index contributed by atoms with van der Waals surface area (Å²) in [7, 11) is 2.04. The molecule has 0 radical (unpaired) electrons. The van der Waals surface area contributed by atoms with Crippen molar-refractivity contribution >= 4 is 23.1 Å². The average molecular weight is 362 g/mol. The molecular weight excluding hydrogens is 334 g/mol. The molecule has 0 spiro atoms. The van der Waals surface area contributed by atoms with Crippen LogP contribution in [0.25, 0.3) is 6.08 Å². The quantitative estimate of drug-likeness (QED) is 0.567. The highest BCUT2D eigenvalue weighted by Crippen LogP contribution is 2.35. The van der Waals surface area contributed by atoms with Gasteiger partial charge in [-0.15, -0.1) is 6.42 Å². The van der Waals surface area contributed by atoms with Gasteiger partial charge in [-0.3, -0.25) is 0 Å². The molecule has 0 aliphatic heterocycles. The maximum atomic E-state index is 12.1. The Morgan fingerprint density at radius 3 is 2.88 bits per heavy atom. The summed E-state index contributed by atoms with van der Waals surface area (Å²) in [6, 6.07) is 0.394. The van der Waals surface area contributed by atoms with E-state index in [2.05, 4.69) is 20.8 Å². The Labute approximate surface area is 153 Å². The summed E-state index contributed by atoms with van der Waals surface area (Å²) in [5.41, 5.74) is 1.85. The summed E-state index contributed by atoms with van der Waals surface area (Å²) < 4.78 is 12.1. The third-order valence-corrected chi connectivity index (χ3v) is 6.22. The Kier molecular flexibility index (Phi) is 7.30.